The molecule has 0 radical (unpaired) electrons. The number of nitrogens with one attached hydrogen (secondary N) is 2. The van der Waals surface area contributed by atoms with Gasteiger partial charge in [0.1, 0.15) is 11.9 Å². The summed E-state index contributed by atoms with van der Waals surface area (Å²) in [6.07, 6.45) is 2.17. The van der Waals surface area contributed by atoms with Crippen molar-refractivity contribution in [3.63, 3.8) is 0 Å². The fraction of sp³-hybridized carbons (Fsp3) is 0.391. The van der Waals surface area contributed by atoms with E-state index in [0.717, 1.165) is 47.6 Å². The number of carboxylic acid groups (broad SMARTS) is 1. The number of fused-ring (bicyclic) bond motifs is 3. The number of hydrogen-bond donors (Lipinski definition) is 3. The van der Waals surface area contributed by atoms with Gasteiger partial charge in [-0.25, -0.2) is 14.6 Å². The van der Waals surface area contributed by atoms with Crippen LogP contribution in [0.3, 0.4) is 0 Å². The zero-order valence-electron chi connectivity index (χ0n) is 19.6. The van der Waals surface area contributed by atoms with E-state index in [2.05, 4.69) is 41.8 Å². The predicted molar refractivity (Wildman–Crippen MR) is 123 cm³/mol. The molecule has 37 heavy (non-hydrogen) atoms. The van der Waals surface area contributed by atoms with Crippen molar-refractivity contribution in [1.82, 2.24) is 34.9 Å². The molecule has 0 aromatic carbocycles. The lowest BCUT2D eigenvalue weighted by Gasteiger charge is -2.15. The summed E-state index contributed by atoms with van der Waals surface area (Å²) in [5, 5.41) is 18.7. The topological polar surface area (TPSA) is 147 Å². The van der Waals surface area contributed by atoms with Crippen LogP contribution in [0.2, 0.25) is 0 Å². The molecule has 0 spiro atoms. The van der Waals surface area contributed by atoms with Gasteiger partial charge in [0.2, 0.25) is 0 Å². The minimum Gasteiger partial charge on any atom is -0.475 e. The lowest BCUT2D eigenvalue weighted by Crippen LogP contribution is -2.28. The molecule has 196 valence electrons. The van der Waals surface area contributed by atoms with Crippen LogP contribution in [0.5, 0.6) is 0 Å². The normalized spacial score (nSPS) is 19.4. The number of ether oxygens (including phenoxy) is 1. The Kier molecular flexibility index (Phi) is 7.55. The van der Waals surface area contributed by atoms with Crippen molar-refractivity contribution in [3.8, 4) is 0 Å². The number of hydrogen-bond acceptors (Lipinski definition) is 7. The minimum atomic E-state index is -5.08. The van der Waals surface area contributed by atoms with E-state index in [1.807, 2.05) is 30.5 Å². The molecule has 5 rings (SSSR count). The molecule has 1 saturated carbocycles. The molecular formula is C23H24F3N7O4. The van der Waals surface area contributed by atoms with Crippen LogP contribution in [0.15, 0.2) is 42.9 Å². The Bertz CT molecular complexity index is 1370. The second-order valence-electron chi connectivity index (χ2n) is 8.47. The third-order valence-corrected chi connectivity index (χ3v) is 6.13. The molecule has 4 aromatic heterocycles. The molecule has 0 bridgehead atoms. The third kappa shape index (κ3) is 5.95. The maximum absolute atomic E-state index is 12.3. The second kappa shape index (κ2) is 10.8. The number of rotatable bonds is 5. The highest BCUT2D eigenvalue weighted by Crippen LogP contribution is 2.42. The van der Waals surface area contributed by atoms with Gasteiger partial charge in [-0.05, 0) is 37.0 Å². The van der Waals surface area contributed by atoms with Gasteiger partial charge in [0.15, 0.2) is 11.3 Å². The van der Waals surface area contributed by atoms with Crippen molar-refractivity contribution in [1.29, 1.82) is 0 Å². The van der Waals surface area contributed by atoms with Gasteiger partial charge in [-0.2, -0.15) is 13.2 Å². The summed E-state index contributed by atoms with van der Waals surface area (Å²) >= 11 is 0. The number of halogens is 3. The fourth-order valence-corrected chi connectivity index (χ4v) is 4.43. The van der Waals surface area contributed by atoms with Crippen LogP contribution in [-0.4, -0.2) is 59.0 Å². The summed E-state index contributed by atoms with van der Waals surface area (Å²) < 4.78 is 39.5. The largest absolute Gasteiger partial charge is 0.490 e. The Labute approximate surface area is 208 Å². The fourth-order valence-electron chi connectivity index (χ4n) is 4.43. The van der Waals surface area contributed by atoms with Crippen molar-refractivity contribution in [2.75, 3.05) is 0 Å². The van der Waals surface area contributed by atoms with E-state index < -0.39 is 18.2 Å². The highest BCUT2D eigenvalue weighted by molar-refractivity contribution is 5.74. The van der Waals surface area contributed by atoms with Crippen molar-refractivity contribution in [3.05, 3.63) is 54.4 Å². The average Bonchev–Trinajstić information content (AvgIpc) is 3.60. The highest BCUT2D eigenvalue weighted by atomic mass is 19.4. The first-order valence-corrected chi connectivity index (χ1v) is 11.5. The number of nitrogens with zero attached hydrogens (tertiary/aromatic N) is 5. The monoisotopic (exact) mass is 519 g/mol. The number of carbonyl (C=O) groups is 2. The molecule has 3 atom stereocenters. The first kappa shape index (κ1) is 25.9. The molecule has 1 unspecified atom stereocenters. The first-order chi connectivity index (χ1) is 17.7. The quantitative estimate of drug-likeness (QED) is 0.360. The maximum Gasteiger partial charge on any atom is 0.490 e. The standard InChI is InChI=1S/C21H23N7O2.C2HF3O2/c1-2-13-9-15(30-21(29)25-11-14-5-3-4-7-22-14)10-16(13)20-27-26-18-12-24-19-17(28(18)20)6-8-23-19;3-2(4,5)1(6)7/h3-8,12-13,15-16,23H,2,9-11H2,1H3,(H,25,29);(H,6,7)/t13-,15+,16?;/m1./s1. The Hall–Kier alpha value is -4.23. The Morgan fingerprint density at radius 1 is 1.22 bits per heavy atom. The number of carbonyl (C=O) groups excluding carboxylic acids is 1. The van der Waals surface area contributed by atoms with Crippen LogP contribution in [0.4, 0.5) is 18.0 Å². The third-order valence-electron chi connectivity index (χ3n) is 6.13. The van der Waals surface area contributed by atoms with Gasteiger partial charge in [-0.15, -0.1) is 10.2 Å². The van der Waals surface area contributed by atoms with Crippen LogP contribution in [-0.2, 0) is 16.1 Å². The Morgan fingerprint density at radius 3 is 2.68 bits per heavy atom. The summed E-state index contributed by atoms with van der Waals surface area (Å²) in [5.41, 5.74) is 3.28. The number of H-pyrrole nitrogens is 1. The van der Waals surface area contributed by atoms with Gasteiger partial charge >= 0.3 is 18.2 Å². The van der Waals surface area contributed by atoms with Gasteiger partial charge in [0.05, 0.1) is 24.0 Å². The number of carboxylic acids is 1. The van der Waals surface area contributed by atoms with E-state index in [9.17, 15) is 18.0 Å². The van der Waals surface area contributed by atoms with Crippen LogP contribution in [0, 0.1) is 5.92 Å². The molecule has 3 N–H and O–H groups in total. The van der Waals surface area contributed by atoms with Crippen LogP contribution in [0.1, 0.15) is 43.6 Å². The van der Waals surface area contributed by atoms with Crippen molar-refractivity contribution < 1.29 is 32.6 Å². The summed E-state index contributed by atoms with van der Waals surface area (Å²) in [4.78, 5) is 32.9. The van der Waals surface area contributed by atoms with Gasteiger partial charge in [-0.3, -0.25) is 9.38 Å². The molecule has 1 aliphatic rings. The van der Waals surface area contributed by atoms with E-state index in [1.54, 1.807) is 12.4 Å². The van der Waals surface area contributed by atoms with Gasteiger partial charge < -0.3 is 20.1 Å². The molecular weight excluding hydrogens is 495 g/mol. The number of alkyl halides is 3. The van der Waals surface area contributed by atoms with E-state index in [4.69, 9.17) is 14.6 Å². The van der Waals surface area contributed by atoms with Crippen LogP contribution in [0.25, 0.3) is 16.8 Å². The number of amides is 1. The number of aliphatic carboxylic acids is 1. The van der Waals surface area contributed by atoms with Gasteiger partial charge in [-0.1, -0.05) is 19.4 Å². The lowest BCUT2D eigenvalue weighted by molar-refractivity contribution is -0.192. The average molecular weight is 519 g/mol. The van der Waals surface area contributed by atoms with E-state index in [0.29, 0.717) is 12.5 Å². The summed E-state index contributed by atoms with van der Waals surface area (Å²) in [6.45, 7) is 2.51. The van der Waals surface area contributed by atoms with Crippen molar-refractivity contribution >= 4 is 28.9 Å². The van der Waals surface area contributed by atoms with Crippen molar-refractivity contribution in [2.24, 2.45) is 5.92 Å². The molecule has 1 amide bonds. The number of alkyl carbamates (subject to hydrolysis) is 1. The maximum atomic E-state index is 12.3. The number of aromatic nitrogens is 6. The second-order valence-corrected chi connectivity index (χ2v) is 8.47. The molecule has 1 aliphatic carbocycles. The van der Waals surface area contributed by atoms with Crippen molar-refractivity contribution in [2.45, 2.75) is 50.9 Å². The van der Waals surface area contributed by atoms with E-state index >= 15 is 0 Å². The zero-order chi connectivity index (χ0) is 26.6. The lowest BCUT2D eigenvalue weighted by atomic mass is 9.93. The summed E-state index contributed by atoms with van der Waals surface area (Å²) in [7, 11) is 0. The molecule has 4 aromatic rings. The Balaban J connectivity index is 0.000000405. The SMILES string of the molecule is CC[C@@H]1C[C@H](OC(=O)NCc2ccccn2)CC1c1nnc2cnc3[nH]ccc3n12.O=C(O)C(F)(F)F. The zero-order valence-corrected chi connectivity index (χ0v) is 19.6. The molecule has 14 heteroatoms. The van der Waals surface area contributed by atoms with E-state index in [1.165, 1.54) is 0 Å². The summed E-state index contributed by atoms with van der Waals surface area (Å²) in [5.74, 6) is -1.32. The molecule has 4 heterocycles. The molecule has 0 saturated heterocycles. The summed E-state index contributed by atoms with van der Waals surface area (Å²) in [6, 6.07) is 7.59. The predicted octanol–water partition coefficient (Wildman–Crippen LogP) is 3.83. The number of aromatic amines is 1. The highest BCUT2D eigenvalue weighted by Gasteiger charge is 2.39. The van der Waals surface area contributed by atoms with Gasteiger partial charge in [0, 0.05) is 18.3 Å². The smallest absolute Gasteiger partial charge is 0.475 e. The number of pyridine rings is 1. The molecule has 1 fully saturated rings. The Morgan fingerprint density at radius 2 is 2.00 bits per heavy atom. The van der Waals surface area contributed by atoms with E-state index in [-0.39, 0.29) is 12.0 Å². The van der Waals surface area contributed by atoms with Crippen LogP contribution >= 0.6 is 0 Å². The minimum absolute atomic E-state index is 0.153. The molecule has 0 aliphatic heterocycles. The molecule has 11 nitrogen and oxygen atoms in total. The van der Waals surface area contributed by atoms with Gasteiger partial charge in [0.25, 0.3) is 0 Å². The van der Waals surface area contributed by atoms with Crippen LogP contribution < -0.4 is 5.32 Å². The first-order valence-electron chi connectivity index (χ1n) is 11.5.